The lowest BCUT2D eigenvalue weighted by Crippen LogP contribution is -2.31. The molecule has 2 aromatic heterocycles. The van der Waals surface area contributed by atoms with Gasteiger partial charge < -0.3 is 14.4 Å². The largest absolute Gasteiger partial charge is 0.361 e. The molecule has 24 heavy (non-hydrogen) atoms. The first kappa shape index (κ1) is 15.9. The predicted molar refractivity (Wildman–Crippen MR) is 84.9 cm³/mol. The normalized spacial score (nSPS) is 12.2. The fraction of sp³-hybridized carbons (Fsp3) is 0.235. The number of hydrogen-bond acceptors (Lipinski definition) is 4. The maximum absolute atomic E-state index is 13.2. The van der Waals surface area contributed by atoms with Crippen LogP contribution in [0.25, 0.3) is 0 Å². The number of rotatable bonds is 4. The molecule has 0 saturated carbocycles. The molecule has 0 bridgehead atoms. The molecule has 3 rings (SSSR count). The van der Waals surface area contributed by atoms with Gasteiger partial charge >= 0.3 is 0 Å². The van der Waals surface area contributed by atoms with E-state index in [1.165, 1.54) is 12.1 Å². The van der Waals surface area contributed by atoms with Crippen molar-refractivity contribution in [2.45, 2.75) is 19.9 Å². The predicted octanol–water partition coefficient (Wildman–Crippen LogP) is 2.68. The van der Waals surface area contributed by atoms with Crippen molar-refractivity contribution >= 4 is 5.91 Å². The van der Waals surface area contributed by atoms with Gasteiger partial charge in [-0.3, -0.25) is 4.79 Å². The molecular weight excluding hydrogens is 311 g/mol. The maximum atomic E-state index is 13.2. The summed E-state index contributed by atoms with van der Waals surface area (Å²) in [4.78, 5) is 17.0. The molecule has 124 valence electrons. The van der Waals surface area contributed by atoms with E-state index in [1.54, 1.807) is 38.4 Å². The van der Waals surface area contributed by atoms with Crippen LogP contribution in [0.2, 0.25) is 0 Å². The van der Waals surface area contributed by atoms with Gasteiger partial charge in [0.1, 0.15) is 29.0 Å². The molecule has 0 saturated heterocycles. The molecule has 1 atom stereocenters. The van der Waals surface area contributed by atoms with Crippen LogP contribution in [-0.2, 0) is 7.05 Å². The lowest BCUT2D eigenvalue weighted by Gasteiger charge is -2.19. The van der Waals surface area contributed by atoms with Crippen LogP contribution in [0.5, 0.6) is 0 Å². The summed E-state index contributed by atoms with van der Waals surface area (Å²) in [6, 6.07) is 5.44. The van der Waals surface area contributed by atoms with Gasteiger partial charge in [0.15, 0.2) is 0 Å². The van der Waals surface area contributed by atoms with Gasteiger partial charge in [-0.25, -0.2) is 9.37 Å². The molecule has 0 spiro atoms. The molecule has 0 aliphatic heterocycles. The van der Waals surface area contributed by atoms with E-state index in [9.17, 15) is 9.18 Å². The van der Waals surface area contributed by atoms with Crippen molar-refractivity contribution in [3.05, 3.63) is 70.9 Å². The first-order chi connectivity index (χ1) is 11.5. The minimum atomic E-state index is -0.521. The molecule has 7 heteroatoms. The van der Waals surface area contributed by atoms with Gasteiger partial charge in [-0.1, -0.05) is 17.3 Å². The Hall–Kier alpha value is -2.96. The number of aromatic nitrogens is 3. The Morgan fingerprint density at radius 1 is 1.29 bits per heavy atom. The zero-order valence-electron chi connectivity index (χ0n) is 13.6. The highest BCUT2D eigenvalue weighted by atomic mass is 19.1. The number of nitrogens with zero attached hydrogens (tertiary/aromatic N) is 3. The van der Waals surface area contributed by atoms with Gasteiger partial charge in [0, 0.05) is 19.4 Å². The molecule has 1 N–H and O–H groups in total. The van der Waals surface area contributed by atoms with Gasteiger partial charge in [-0.05, 0) is 31.5 Å². The van der Waals surface area contributed by atoms with E-state index < -0.39 is 6.04 Å². The van der Waals surface area contributed by atoms with Crippen molar-refractivity contribution in [2.24, 2.45) is 7.05 Å². The standard InChI is InChI=1S/C17H17FN4O2/c1-10-14(11(2)24-21-10)17(23)20-15(16-19-8-9-22(16)3)12-4-6-13(18)7-5-12/h4-9,15H,1-3H3,(H,20,23)/t15-/m1/s1. The quantitative estimate of drug-likeness (QED) is 0.799. The van der Waals surface area contributed by atoms with Crippen LogP contribution in [0, 0.1) is 19.7 Å². The molecule has 0 unspecified atom stereocenters. The van der Waals surface area contributed by atoms with E-state index in [0.717, 1.165) is 5.56 Å². The highest BCUT2D eigenvalue weighted by Crippen LogP contribution is 2.22. The molecular formula is C17H17FN4O2. The second-order valence-corrected chi connectivity index (χ2v) is 5.55. The van der Waals surface area contributed by atoms with Crippen molar-refractivity contribution in [3.8, 4) is 0 Å². The average molecular weight is 328 g/mol. The van der Waals surface area contributed by atoms with Crippen LogP contribution < -0.4 is 5.32 Å². The monoisotopic (exact) mass is 328 g/mol. The molecule has 0 aliphatic rings. The number of carbonyl (C=O) groups excluding carboxylic acids is 1. The molecule has 1 aromatic carbocycles. The molecule has 2 heterocycles. The van der Waals surface area contributed by atoms with Crippen LogP contribution in [0.15, 0.2) is 41.2 Å². The third-order valence-electron chi connectivity index (χ3n) is 3.86. The molecule has 0 aliphatic carbocycles. The Kier molecular flexibility index (Phi) is 4.16. The maximum Gasteiger partial charge on any atom is 0.257 e. The second-order valence-electron chi connectivity index (χ2n) is 5.55. The first-order valence-corrected chi connectivity index (χ1v) is 7.43. The van der Waals surface area contributed by atoms with Crippen LogP contribution in [0.3, 0.4) is 0 Å². The number of aryl methyl sites for hydroxylation is 3. The highest BCUT2D eigenvalue weighted by molar-refractivity contribution is 5.96. The molecule has 0 radical (unpaired) electrons. The Morgan fingerprint density at radius 3 is 2.54 bits per heavy atom. The number of carbonyl (C=O) groups is 1. The van der Waals surface area contributed by atoms with E-state index in [2.05, 4.69) is 15.5 Å². The highest BCUT2D eigenvalue weighted by Gasteiger charge is 2.25. The summed E-state index contributed by atoms with van der Waals surface area (Å²) in [6.07, 6.45) is 3.43. The third kappa shape index (κ3) is 2.92. The third-order valence-corrected chi connectivity index (χ3v) is 3.86. The van der Waals surface area contributed by atoms with Crippen molar-refractivity contribution in [3.63, 3.8) is 0 Å². The summed E-state index contributed by atoms with van der Waals surface area (Å²) in [5.74, 6) is 0.433. The molecule has 6 nitrogen and oxygen atoms in total. The van der Waals surface area contributed by atoms with Crippen LogP contribution in [-0.4, -0.2) is 20.6 Å². The fourth-order valence-electron chi connectivity index (χ4n) is 2.62. The minimum Gasteiger partial charge on any atom is -0.361 e. The van der Waals surface area contributed by atoms with Gasteiger partial charge in [-0.15, -0.1) is 0 Å². The summed E-state index contributed by atoms with van der Waals surface area (Å²) < 4.78 is 20.1. The van der Waals surface area contributed by atoms with E-state index in [0.29, 0.717) is 22.8 Å². The lowest BCUT2D eigenvalue weighted by atomic mass is 10.0. The van der Waals surface area contributed by atoms with Crippen molar-refractivity contribution in [1.29, 1.82) is 0 Å². The summed E-state index contributed by atoms with van der Waals surface area (Å²) in [5.41, 5.74) is 1.64. The summed E-state index contributed by atoms with van der Waals surface area (Å²) in [6.45, 7) is 3.39. The summed E-state index contributed by atoms with van der Waals surface area (Å²) in [5, 5.41) is 6.74. The minimum absolute atomic E-state index is 0.316. The number of amides is 1. The Bertz CT molecular complexity index is 848. The number of hydrogen-bond donors (Lipinski definition) is 1. The zero-order valence-corrected chi connectivity index (χ0v) is 13.6. The van der Waals surface area contributed by atoms with Gasteiger partial charge in [0.05, 0.1) is 5.69 Å². The topological polar surface area (TPSA) is 73.0 Å². The number of imidazole rings is 1. The fourth-order valence-corrected chi connectivity index (χ4v) is 2.62. The van der Waals surface area contributed by atoms with Gasteiger partial charge in [-0.2, -0.15) is 0 Å². The van der Waals surface area contributed by atoms with Crippen LogP contribution in [0.1, 0.15) is 39.2 Å². The lowest BCUT2D eigenvalue weighted by molar-refractivity contribution is 0.0939. The molecule has 1 amide bonds. The van der Waals surface area contributed by atoms with Gasteiger partial charge in [0.25, 0.3) is 5.91 Å². The second kappa shape index (κ2) is 6.27. The van der Waals surface area contributed by atoms with Gasteiger partial charge in [0.2, 0.25) is 0 Å². The Morgan fingerprint density at radius 2 is 2.00 bits per heavy atom. The molecule has 3 aromatic rings. The first-order valence-electron chi connectivity index (χ1n) is 7.43. The van der Waals surface area contributed by atoms with Crippen LogP contribution >= 0.6 is 0 Å². The van der Waals surface area contributed by atoms with Crippen LogP contribution in [0.4, 0.5) is 4.39 Å². The van der Waals surface area contributed by atoms with E-state index in [4.69, 9.17) is 4.52 Å². The van der Waals surface area contributed by atoms with Crippen molar-refractivity contribution in [2.75, 3.05) is 0 Å². The molecule has 0 fully saturated rings. The summed E-state index contributed by atoms with van der Waals surface area (Å²) in [7, 11) is 1.83. The Labute approximate surface area is 138 Å². The smallest absolute Gasteiger partial charge is 0.257 e. The zero-order chi connectivity index (χ0) is 17.3. The van der Waals surface area contributed by atoms with E-state index >= 15 is 0 Å². The summed E-state index contributed by atoms with van der Waals surface area (Å²) >= 11 is 0. The number of nitrogens with one attached hydrogen (secondary N) is 1. The van der Waals surface area contributed by atoms with Crippen molar-refractivity contribution in [1.82, 2.24) is 20.0 Å². The van der Waals surface area contributed by atoms with Crippen molar-refractivity contribution < 1.29 is 13.7 Å². The Balaban J connectivity index is 1.98. The van der Waals surface area contributed by atoms with E-state index in [-0.39, 0.29) is 11.7 Å². The number of halogens is 1. The van der Waals surface area contributed by atoms with E-state index in [1.807, 2.05) is 11.6 Å². The number of benzene rings is 1. The SMILES string of the molecule is Cc1noc(C)c1C(=O)N[C@H](c1ccc(F)cc1)c1nccn1C. The average Bonchev–Trinajstić information content (AvgIpc) is 3.11.